The second-order valence-electron chi connectivity index (χ2n) is 3.33. The van der Waals surface area contributed by atoms with Crippen molar-refractivity contribution >= 4 is 0 Å². The fraction of sp³-hybridized carbons (Fsp3) is 1.00. The van der Waals surface area contributed by atoms with Gasteiger partial charge < -0.3 is 9.22 Å². The van der Waals surface area contributed by atoms with Gasteiger partial charge in [-0.1, -0.05) is 6.92 Å². The van der Waals surface area contributed by atoms with Crippen molar-refractivity contribution in [3.05, 3.63) is 0 Å². The Morgan fingerprint density at radius 1 is 1.22 bits per heavy atom. The molecule has 0 saturated heterocycles. The molecule has 0 aliphatic carbocycles. The molecule has 2 nitrogen and oxygen atoms in total. The highest BCUT2D eigenvalue weighted by Crippen LogP contribution is 1.90. The minimum atomic E-state index is 0.813. The second-order valence-corrected chi connectivity index (χ2v) is 3.33. The molecule has 0 aliphatic heterocycles. The van der Waals surface area contributed by atoms with E-state index in [1.165, 1.54) is 0 Å². The Morgan fingerprint density at radius 3 is 2.11 bits per heavy atom. The summed E-state index contributed by atoms with van der Waals surface area (Å²) in [5, 5.41) is 0. The number of nitrogens with zero attached hydrogens (tertiary/aromatic N) is 1. The zero-order valence-corrected chi connectivity index (χ0v) is 6.98. The van der Waals surface area contributed by atoms with Gasteiger partial charge in [-0.25, -0.2) is 0 Å². The normalized spacial score (nSPS) is 12.0. The highest BCUT2D eigenvalue weighted by atomic mass is 16.5. The summed E-state index contributed by atoms with van der Waals surface area (Å²) in [6, 6.07) is 0. The van der Waals surface area contributed by atoms with Crippen LogP contribution in [-0.2, 0) is 4.74 Å². The Balaban J connectivity index is 3.07. The van der Waals surface area contributed by atoms with Crippen molar-refractivity contribution in [1.29, 1.82) is 0 Å². The summed E-state index contributed by atoms with van der Waals surface area (Å²) < 4.78 is 6.21. The van der Waals surface area contributed by atoms with Crippen LogP contribution in [0.1, 0.15) is 13.3 Å². The summed E-state index contributed by atoms with van der Waals surface area (Å²) in [6.07, 6.45) is 1.11. The lowest BCUT2D eigenvalue weighted by Crippen LogP contribution is -2.36. The topological polar surface area (TPSA) is 9.23 Å². The lowest BCUT2D eigenvalue weighted by atomic mass is 10.5. The lowest BCUT2D eigenvalue weighted by molar-refractivity contribution is -0.890. The first kappa shape index (κ1) is 8.92. The van der Waals surface area contributed by atoms with E-state index in [1.807, 2.05) is 0 Å². The van der Waals surface area contributed by atoms with Gasteiger partial charge in [0.2, 0.25) is 0 Å². The van der Waals surface area contributed by atoms with Gasteiger partial charge in [0.25, 0.3) is 0 Å². The van der Waals surface area contributed by atoms with Crippen LogP contribution < -0.4 is 0 Å². The van der Waals surface area contributed by atoms with Crippen LogP contribution >= 0.6 is 0 Å². The van der Waals surface area contributed by atoms with Crippen molar-refractivity contribution in [2.75, 3.05) is 34.5 Å². The van der Waals surface area contributed by atoms with Crippen LogP contribution in [0, 0.1) is 0 Å². The van der Waals surface area contributed by atoms with Crippen molar-refractivity contribution in [3.8, 4) is 0 Å². The summed E-state index contributed by atoms with van der Waals surface area (Å²) >= 11 is 0. The predicted octanol–water partition coefficient (Wildman–Crippen LogP) is 1.08. The van der Waals surface area contributed by atoms with E-state index in [2.05, 4.69) is 28.1 Å². The largest absolute Gasteiger partial charge is 0.332 e. The van der Waals surface area contributed by atoms with E-state index >= 15 is 0 Å². The summed E-state index contributed by atoms with van der Waals surface area (Å²) in [7, 11) is 6.36. The molecule has 0 aromatic heterocycles. The molecular weight excluding hydrogens is 114 g/mol. The molecule has 0 fully saturated rings. The molecule has 0 amide bonds. The van der Waals surface area contributed by atoms with Gasteiger partial charge in [-0.3, -0.25) is 0 Å². The van der Waals surface area contributed by atoms with Gasteiger partial charge in [0.05, 0.1) is 27.7 Å². The van der Waals surface area contributed by atoms with Gasteiger partial charge in [-0.05, 0) is 6.42 Å². The minimum Gasteiger partial charge on any atom is -0.332 e. The molecule has 56 valence electrons. The van der Waals surface area contributed by atoms with Gasteiger partial charge in [-0.15, -0.1) is 0 Å². The van der Waals surface area contributed by atoms with Gasteiger partial charge in [-0.2, -0.15) is 0 Å². The third-order valence-electron chi connectivity index (χ3n) is 0.827. The highest BCUT2D eigenvalue weighted by molar-refractivity contribution is 4.19. The van der Waals surface area contributed by atoms with E-state index in [9.17, 15) is 0 Å². The molecule has 9 heavy (non-hydrogen) atoms. The van der Waals surface area contributed by atoms with Crippen molar-refractivity contribution in [1.82, 2.24) is 0 Å². The molecular formula is C7H18NO+. The first-order valence-corrected chi connectivity index (χ1v) is 3.44. The van der Waals surface area contributed by atoms with Gasteiger partial charge in [0, 0.05) is 0 Å². The molecule has 0 bridgehead atoms. The Hall–Kier alpha value is -0.0800. The van der Waals surface area contributed by atoms with Gasteiger partial charge in [0.1, 0.15) is 0 Å². The number of hydrogen-bond donors (Lipinski definition) is 0. The SMILES string of the molecule is CCCOC[N+](C)(C)C. The smallest absolute Gasteiger partial charge is 0.182 e. The van der Waals surface area contributed by atoms with E-state index in [-0.39, 0.29) is 0 Å². The Kier molecular flexibility index (Phi) is 3.82. The maximum Gasteiger partial charge on any atom is 0.182 e. The maximum atomic E-state index is 5.32. The monoisotopic (exact) mass is 132 g/mol. The zero-order chi connectivity index (χ0) is 7.33. The third-order valence-corrected chi connectivity index (χ3v) is 0.827. The average Bonchev–Trinajstić information content (AvgIpc) is 1.63. The molecule has 0 unspecified atom stereocenters. The summed E-state index contributed by atoms with van der Waals surface area (Å²) in [5.74, 6) is 0. The lowest BCUT2D eigenvalue weighted by Gasteiger charge is -2.22. The fourth-order valence-electron chi connectivity index (χ4n) is 0.483. The van der Waals surface area contributed by atoms with Crippen LogP contribution in [0.5, 0.6) is 0 Å². The molecule has 0 aliphatic rings. The van der Waals surface area contributed by atoms with Crippen molar-refractivity contribution < 1.29 is 9.22 Å². The average molecular weight is 132 g/mol. The molecule has 0 radical (unpaired) electrons. The molecule has 0 aromatic carbocycles. The van der Waals surface area contributed by atoms with Crippen LogP contribution in [0.3, 0.4) is 0 Å². The van der Waals surface area contributed by atoms with Crippen LogP contribution in [0.15, 0.2) is 0 Å². The number of quaternary nitrogens is 1. The second kappa shape index (κ2) is 3.85. The standard InChI is InChI=1S/C7H18NO/c1-5-6-9-7-8(2,3)4/h5-7H2,1-4H3/q+1. The fourth-order valence-corrected chi connectivity index (χ4v) is 0.483. The molecule has 0 spiro atoms. The molecule has 0 N–H and O–H groups in total. The molecule has 0 aromatic rings. The quantitative estimate of drug-likeness (QED) is 0.316. The zero-order valence-electron chi connectivity index (χ0n) is 6.98. The maximum absolute atomic E-state index is 5.32. The van der Waals surface area contributed by atoms with Crippen LogP contribution in [0.25, 0.3) is 0 Å². The Labute approximate surface area is 58.0 Å². The van der Waals surface area contributed by atoms with Crippen molar-refractivity contribution in [2.45, 2.75) is 13.3 Å². The third kappa shape index (κ3) is 7.92. The number of hydrogen-bond acceptors (Lipinski definition) is 1. The first-order valence-electron chi connectivity index (χ1n) is 3.44. The van der Waals surface area contributed by atoms with E-state index in [4.69, 9.17) is 4.74 Å². The highest BCUT2D eigenvalue weighted by Gasteiger charge is 2.04. The van der Waals surface area contributed by atoms with E-state index in [1.54, 1.807) is 0 Å². The van der Waals surface area contributed by atoms with Gasteiger partial charge in [0.15, 0.2) is 6.73 Å². The van der Waals surface area contributed by atoms with E-state index < -0.39 is 0 Å². The Morgan fingerprint density at radius 2 is 1.78 bits per heavy atom. The van der Waals surface area contributed by atoms with Gasteiger partial charge >= 0.3 is 0 Å². The number of rotatable bonds is 4. The summed E-state index contributed by atoms with van der Waals surface area (Å²) in [6.45, 7) is 3.82. The molecule has 0 saturated carbocycles. The molecule has 0 rings (SSSR count). The van der Waals surface area contributed by atoms with Crippen LogP contribution in [0.2, 0.25) is 0 Å². The summed E-state index contributed by atoms with van der Waals surface area (Å²) in [5.41, 5.74) is 0. The Bertz CT molecular complexity index is 65.8. The van der Waals surface area contributed by atoms with Crippen molar-refractivity contribution in [2.24, 2.45) is 0 Å². The van der Waals surface area contributed by atoms with Crippen LogP contribution in [-0.4, -0.2) is 39.0 Å². The molecule has 2 heteroatoms. The van der Waals surface area contributed by atoms with E-state index in [0.29, 0.717) is 0 Å². The summed E-state index contributed by atoms with van der Waals surface area (Å²) in [4.78, 5) is 0. The molecule has 0 atom stereocenters. The number of ether oxygens (including phenoxy) is 1. The predicted molar refractivity (Wildman–Crippen MR) is 39.1 cm³/mol. The van der Waals surface area contributed by atoms with E-state index in [0.717, 1.165) is 24.2 Å². The van der Waals surface area contributed by atoms with Crippen molar-refractivity contribution in [3.63, 3.8) is 0 Å². The first-order chi connectivity index (χ1) is 4.06. The minimum absolute atomic E-state index is 0.813. The molecule has 0 heterocycles. The van der Waals surface area contributed by atoms with Crippen LogP contribution in [0.4, 0.5) is 0 Å².